The molecule has 2 aromatic heterocycles. The van der Waals surface area contributed by atoms with Gasteiger partial charge in [-0.3, -0.25) is 19.8 Å². The first-order valence-corrected chi connectivity index (χ1v) is 10.5. The maximum atomic E-state index is 13.3. The summed E-state index contributed by atoms with van der Waals surface area (Å²) < 4.78 is 1.04. The lowest BCUT2D eigenvalue weighted by atomic mass is 10.1. The van der Waals surface area contributed by atoms with Gasteiger partial charge in [0, 0.05) is 6.07 Å². The molecule has 0 saturated carbocycles. The lowest BCUT2D eigenvalue weighted by Crippen LogP contribution is -2.29. The van der Waals surface area contributed by atoms with Crippen LogP contribution in [0.1, 0.15) is 26.4 Å². The van der Waals surface area contributed by atoms with Gasteiger partial charge in [-0.05, 0) is 42.7 Å². The third-order valence-electron chi connectivity index (χ3n) is 4.45. The van der Waals surface area contributed by atoms with E-state index in [0.717, 1.165) is 38.2 Å². The quantitative estimate of drug-likeness (QED) is 0.303. The van der Waals surface area contributed by atoms with Crippen LogP contribution in [0.3, 0.4) is 0 Å². The van der Waals surface area contributed by atoms with Gasteiger partial charge in [0.1, 0.15) is 0 Å². The molecule has 1 amide bonds. The van der Waals surface area contributed by atoms with Crippen molar-refractivity contribution >= 4 is 48.9 Å². The van der Waals surface area contributed by atoms with Crippen molar-refractivity contribution in [2.24, 2.45) is 0 Å². The molecule has 29 heavy (non-hydrogen) atoms. The van der Waals surface area contributed by atoms with E-state index in [-0.39, 0.29) is 10.9 Å². The van der Waals surface area contributed by atoms with Crippen LogP contribution in [0.25, 0.3) is 10.2 Å². The molecular formula is C21H17N3O3S2. The second-order valence-electron chi connectivity index (χ2n) is 6.70. The van der Waals surface area contributed by atoms with Crippen molar-refractivity contribution in [1.82, 2.24) is 4.98 Å². The first-order chi connectivity index (χ1) is 13.9. The number of carbonyl (C=O) groups excluding carboxylic acids is 1. The summed E-state index contributed by atoms with van der Waals surface area (Å²) in [5, 5.41) is 11.6. The van der Waals surface area contributed by atoms with Gasteiger partial charge in [-0.1, -0.05) is 59.1 Å². The summed E-state index contributed by atoms with van der Waals surface area (Å²) in [5.41, 5.74) is 4.04. The fraction of sp³-hybridized carbons (Fsp3) is 0.143. The van der Waals surface area contributed by atoms with E-state index in [1.165, 1.54) is 23.5 Å². The number of rotatable bonds is 5. The first kappa shape index (κ1) is 19.2. The molecule has 146 valence electrons. The molecule has 0 spiro atoms. The van der Waals surface area contributed by atoms with E-state index in [1.807, 2.05) is 50.2 Å². The van der Waals surface area contributed by atoms with Crippen molar-refractivity contribution in [3.63, 3.8) is 0 Å². The van der Waals surface area contributed by atoms with Crippen molar-refractivity contribution in [3.8, 4) is 0 Å². The Kier molecular flexibility index (Phi) is 5.12. The monoisotopic (exact) mass is 423 g/mol. The van der Waals surface area contributed by atoms with E-state index in [0.29, 0.717) is 16.6 Å². The van der Waals surface area contributed by atoms with Crippen molar-refractivity contribution in [2.75, 3.05) is 4.90 Å². The Morgan fingerprint density at radius 2 is 1.86 bits per heavy atom. The van der Waals surface area contributed by atoms with Crippen molar-refractivity contribution in [3.05, 3.63) is 86.3 Å². The molecule has 0 radical (unpaired) electrons. The molecule has 0 aliphatic heterocycles. The Hall–Kier alpha value is -3.10. The third-order valence-corrected chi connectivity index (χ3v) is 6.71. The molecule has 0 bridgehead atoms. The molecule has 2 aromatic carbocycles. The number of amides is 1. The van der Waals surface area contributed by atoms with E-state index in [4.69, 9.17) is 4.98 Å². The summed E-state index contributed by atoms with van der Waals surface area (Å²) in [4.78, 5) is 30.5. The summed E-state index contributed by atoms with van der Waals surface area (Å²) in [6.45, 7) is 4.38. The molecule has 0 unspecified atom stereocenters. The van der Waals surface area contributed by atoms with Crippen molar-refractivity contribution in [2.45, 2.75) is 20.4 Å². The zero-order valence-corrected chi connectivity index (χ0v) is 17.4. The molecule has 0 N–H and O–H groups in total. The number of nitro groups is 1. The van der Waals surface area contributed by atoms with Crippen LogP contribution in [-0.2, 0) is 6.54 Å². The summed E-state index contributed by atoms with van der Waals surface area (Å²) in [5.74, 6) is -0.291. The van der Waals surface area contributed by atoms with E-state index in [2.05, 4.69) is 6.07 Å². The standard InChI is InChI=1S/C21H17N3O3S2/c1-13-10-14(2)19-16(11-13)22-21(29-19)23(12-15-6-4-3-5-7-15)20(25)17-8-9-18(28-17)24(26)27/h3-11H,12H2,1-2H3. The second kappa shape index (κ2) is 7.73. The minimum atomic E-state index is -0.479. The number of hydrogen-bond acceptors (Lipinski definition) is 6. The molecule has 0 aliphatic carbocycles. The Labute approximate surface area is 175 Å². The topological polar surface area (TPSA) is 76.3 Å². The van der Waals surface area contributed by atoms with Crippen LogP contribution in [0, 0.1) is 24.0 Å². The molecule has 2 heterocycles. The predicted molar refractivity (Wildman–Crippen MR) is 117 cm³/mol. The number of thiophene rings is 1. The first-order valence-electron chi connectivity index (χ1n) is 8.90. The summed E-state index contributed by atoms with van der Waals surface area (Å²) in [6.07, 6.45) is 0. The normalized spacial score (nSPS) is 11.0. The number of aryl methyl sites for hydroxylation is 2. The van der Waals surface area contributed by atoms with Gasteiger partial charge in [0.05, 0.1) is 26.6 Å². The predicted octanol–water partition coefficient (Wildman–Crippen LogP) is 5.73. The lowest BCUT2D eigenvalue weighted by Gasteiger charge is -2.19. The van der Waals surface area contributed by atoms with Gasteiger partial charge in [0.15, 0.2) is 5.13 Å². The molecular weight excluding hydrogens is 406 g/mol. The van der Waals surface area contributed by atoms with Crippen LogP contribution < -0.4 is 4.90 Å². The van der Waals surface area contributed by atoms with Gasteiger partial charge in [0.2, 0.25) is 0 Å². The van der Waals surface area contributed by atoms with Gasteiger partial charge in [0.25, 0.3) is 5.91 Å². The van der Waals surface area contributed by atoms with Gasteiger partial charge in [-0.25, -0.2) is 4.98 Å². The maximum absolute atomic E-state index is 13.3. The molecule has 0 saturated heterocycles. The number of nitrogens with zero attached hydrogens (tertiary/aromatic N) is 3. The average molecular weight is 424 g/mol. The highest BCUT2D eigenvalue weighted by Crippen LogP contribution is 2.35. The number of carbonyl (C=O) groups is 1. The van der Waals surface area contributed by atoms with Crippen LogP contribution in [0.15, 0.2) is 54.6 Å². The number of hydrogen-bond donors (Lipinski definition) is 0. The minimum Gasteiger partial charge on any atom is -0.279 e. The van der Waals surface area contributed by atoms with E-state index >= 15 is 0 Å². The molecule has 0 fully saturated rings. The van der Waals surface area contributed by atoms with Gasteiger partial charge < -0.3 is 0 Å². The fourth-order valence-corrected chi connectivity index (χ4v) is 4.93. The fourth-order valence-electron chi connectivity index (χ4n) is 3.15. The summed E-state index contributed by atoms with van der Waals surface area (Å²) in [7, 11) is 0. The molecule has 6 nitrogen and oxygen atoms in total. The number of benzene rings is 2. The van der Waals surface area contributed by atoms with Crippen LogP contribution in [0.4, 0.5) is 10.1 Å². The number of fused-ring (bicyclic) bond motifs is 1. The average Bonchev–Trinajstić information content (AvgIpc) is 3.34. The van der Waals surface area contributed by atoms with Crippen LogP contribution >= 0.6 is 22.7 Å². The number of anilines is 1. The van der Waals surface area contributed by atoms with Crippen LogP contribution in [-0.4, -0.2) is 15.8 Å². The summed E-state index contributed by atoms with van der Waals surface area (Å²) in [6, 6.07) is 16.6. The second-order valence-corrected chi connectivity index (χ2v) is 8.74. The Morgan fingerprint density at radius 3 is 2.55 bits per heavy atom. The van der Waals surface area contributed by atoms with Crippen LogP contribution in [0.5, 0.6) is 0 Å². The molecule has 8 heteroatoms. The highest BCUT2D eigenvalue weighted by molar-refractivity contribution is 7.22. The van der Waals surface area contributed by atoms with E-state index in [1.54, 1.807) is 4.90 Å². The Bertz CT molecular complexity index is 1210. The van der Waals surface area contributed by atoms with Crippen molar-refractivity contribution < 1.29 is 9.72 Å². The maximum Gasteiger partial charge on any atom is 0.324 e. The van der Waals surface area contributed by atoms with E-state index in [9.17, 15) is 14.9 Å². The van der Waals surface area contributed by atoms with Crippen molar-refractivity contribution in [1.29, 1.82) is 0 Å². The zero-order valence-electron chi connectivity index (χ0n) is 15.8. The molecule has 0 aliphatic rings. The molecule has 4 aromatic rings. The lowest BCUT2D eigenvalue weighted by molar-refractivity contribution is -0.380. The molecule has 0 atom stereocenters. The van der Waals surface area contributed by atoms with E-state index < -0.39 is 4.92 Å². The SMILES string of the molecule is Cc1cc(C)c2sc(N(Cc3ccccc3)C(=O)c3ccc([N+](=O)[O-])s3)nc2c1. The molecule has 4 rings (SSSR count). The summed E-state index contributed by atoms with van der Waals surface area (Å²) >= 11 is 2.34. The number of thiazole rings is 1. The zero-order chi connectivity index (χ0) is 20.5. The van der Waals surface area contributed by atoms with Gasteiger partial charge in [-0.2, -0.15) is 0 Å². The highest BCUT2D eigenvalue weighted by atomic mass is 32.1. The Balaban J connectivity index is 1.78. The smallest absolute Gasteiger partial charge is 0.279 e. The van der Waals surface area contributed by atoms with Gasteiger partial charge >= 0.3 is 5.00 Å². The Morgan fingerprint density at radius 1 is 1.10 bits per heavy atom. The van der Waals surface area contributed by atoms with Crippen LogP contribution in [0.2, 0.25) is 0 Å². The number of aromatic nitrogens is 1. The largest absolute Gasteiger partial charge is 0.324 e. The highest BCUT2D eigenvalue weighted by Gasteiger charge is 2.25. The van der Waals surface area contributed by atoms with Gasteiger partial charge in [-0.15, -0.1) is 0 Å². The third kappa shape index (κ3) is 3.90. The minimum absolute atomic E-state index is 0.0521.